The number of amides is 1. The van der Waals surface area contributed by atoms with Gasteiger partial charge in [-0.05, 0) is 62.4 Å². The van der Waals surface area contributed by atoms with E-state index < -0.39 is 5.82 Å². The second kappa shape index (κ2) is 10.3. The molecule has 0 spiro atoms. The third-order valence-corrected chi connectivity index (χ3v) is 6.62. The molecule has 4 rings (SSSR count). The number of allylic oxidation sites excluding steroid dienone is 1. The van der Waals surface area contributed by atoms with Gasteiger partial charge in [0, 0.05) is 6.54 Å². The Hall–Kier alpha value is -2.64. The van der Waals surface area contributed by atoms with E-state index in [0.29, 0.717) is 28.3 Å². The maximum absolute atomic E-state index is 13.7. The van der Waals surface area contributed by atoms with Gasteiger partial charge in [0.2, 0.25) is 5.91 Å². The maximum Gasteiger partial charge on any atom is 0.266 e. The van der Waals surface area contributed by atoms with E-state index in [9.17, 15) is 14.0 Å². The van der Waals surface area contributed by atoms with Gasteiger partial charge >= 0.3 is 0 Å². The van der Waals surface area contributed by atoms with Crippen LogP contribution in [0.4, 0.5) is 4.39 Å². The highest BCUT2D eigenvalue weighted by atomic mass is 35.5. The van der Waals surface area contributed by atoms with Gasteiger partial charge in [0.25, 0.3) is 5.56 Å². The number of nitrogens with one attached hydrogen (secondary N) is 1. The number of fused-ring (bicyclic) bond motifs is 1. The molecule has 0 bridgehead atoms. The van der Waals surface area contributed by atoms with Crippen LogP contribution in [0.3, 0.4) is 0 Å². The van der Waals surface area contributed by atoms with Crippen LogP contribution in [0.15, 0.2) is 64.1 Å². The minimum atomic E-state index is -0.570. The highest BCUT2D eigenvalue weighted by molar-refractivity contribution is 7.99. The summed E-state index contributed by atoms with van der Waals surface area (Å²) < 4.78 is 15.1. The number of carbonyl (C=O) groups is 1. The zero-order valence-electron chi connectivity index (χ0n) is 17.4. The summed E-state index contributed by atoms with van der Waals surface area (Å²) in [6.07, 6.45) is 7.83. The van der Waals surface area contributed by atoms with Crippen molar-refractivity contribution in [3.63, 3.8) is 0 Å². The number of rotatable bonds is 7. The lowest BCUT2D eigenvalue weighted by atomic mass is 9.97. The van der Waals surface area contributed by atoms with Gasteiger partial charge in [0.15, 0.2) is 5.16 Å². The van der Waals surface area contributed by atoms with E-state index in [4.69, 9.17) is 11.6 Å². The Kier molecular flexibility index (Phi) is 7.27. The van der Waals surface area contributed by atoms with E-state index in [0.717, 1.165) is 31.0 Å². The summed E-state index contributed by atoms with van der Waals surface area (Å²) >= 11 is 7.11. The second-order valence-corrected chi connectivity index (χ2v) is 9.00. The highest BCUT2D eigenvalue weighted by Gasteiger charge is 2.16. The molecule has 3 aromatic rings. The Morgan fingerprint density at radius 2 is 2.06 bits per heavy atom. The van der Waals surface area contributed by atoms with Crippen molar-refractivity contribution in [3.05, 3.63) is 75.3 Å². The molecule has 1 aromatic heterocycles. The molecule has 5 nitrogen and oxygen atoms in total. The van der Waals surface area contributed by atoms with E-state index in [2.05, 4.69) is 16.4 Å². The minimum absolute atomic E-state index is 0.0896. The van der Waals surface area contributed by atoms with E-state index >= 15 is 0 Å². The van der Waals surface area contributed by atoms with Crippen LogP contribution in [0.1, 0.15) is 32.1 Å². The van der Waals surface area contributed by atoms with E-state index in [1.54, 1.807) is 24.3 Å². The third kappa shape index (κ3) is 5.22. The third-order valence-electron chi connectivity index (χ3n) is 5.39. The van der Waals surface area contributed by atoms with Gasteiger partial charge in [-0.2, -0.15) is 0 Å². The van der Waals surface area contributed by atoms with Crippen LogP contribution in [-0.2, 0) is 4.79 Å². The van der Waals surface area contributed by atoms with Crippen molar-refractivity contribution < 1.29 is 9.18 Å². The van der Waals surface area contributed by atoms with Crippen LogP contribution in [-0.4, -0.2) is 27.8 Å². The predicted octanol–water partition coefficient (Wildman–Crippen LogP) is 5.28. The summed E-state index contributed by atoms with van der Waals surface area (Å²) in [6.45, 7) is 0.594. The first-order valence-electron chi connectivity index (χ1n) is 10.6. The molecular weight excluding hydrogens is 449 g/mol. The summed E-state index contributed by atoms with van der Waals surface area (Å²) in [5, 5.41) is 3.63. The zero-order valence-corrected chi connectivity index (χ0v) is 19.0. The summed E-state index contributed by atoms with van der Waals surface area (Å²) in [7, 11) is 0. The minimum Gasteiger partial charge on any atom is -0.355 e. The predicted molar refractivity (Wildman–Crippen MR) is 127 cm³/mol. The van der Waals surface area contributed by atoms with E-state index in [-0.39, 0.29) is 22.2 Å². The molecule has 1 heterocycles. The van der Waals surface area contributed by atoms with Crippen molar-refractivity contribution in [2.24, 2.45) is 0 Å². The van der Waals surface area contributed by atoms with Crippen LogP contribution in [0.2, 0.25) is 5.02 Å². The fourth-order valence-electron chi connectivity index (χ4n) is 3.74. The largest absolute Gasteiger partial charge is 0.355 e. The lowest BCUT2D eigenvalue weighted by Gasteiger charge is -2.14. The molecule has 0 unspecified atom stereocenters. The Balaban J connectivity index is 1.54. The number of halogens is 2. The Morgan fingerprint density at radius 1 is 1.22 bits per heavy atom. The van der Waals surface area contributed by atoms with E-state index in [1.807, 2.05) is 0 Å². The number of hydrogen-bond donors (Lipinski definition) is 1. The van der Waals surface area contributed by atoms with Gasteiger partial charge in [-0.3, -0.25) is 14.2 Å². The molecule has 1 amide bonds. The summed E-state index contributed by atoms with van der Waals surface area (Å²) in [5.41, 5.74) is 2.04. The lowest BCUT2D eigenvalue weighted by Crippen LogP contribution is -2.27. The van der Waals surface area contributed by atoms with Gasteiger partial charge in [-0.25, -0.2) is 9.37 Å². The molecule has 0 aliphatic heterocycles. The van der Waals surface area contributed by atoms with Crippen molar-refractivity contribution in [1.29, 1.82) is 0 Å². The Bertz CT molecular complexity index is 1240. The molecule has 0 saturated carbocycles. The molecule has 0 saturated heterocycles. The first-order chi connectivity index (χ1) is 15.5. The second-order valence-electron chi connectivity index (χ2n) is 7.65. The number of carbonyl (C=O) groups excluding carboxylic acids is 1. The topological polar surface area (TPSA) is 64.0 Å². The molecule has 1 aliphatic rings. The number of para-hydroxylation sites is 1. The van der Waals surface area contributed by atoms with E-state index in [1.165, 1.54) is 41.2 Å². The SMILES string of the molecule is O=C(CSc1nc2ccccc2c(=O)n1-c1ccc(F)c(Cl)c1)NCCC1=CCCCC1. The van der Waals surface area contributed by atoms with Gasteiger partial charge in [0.1, 0.15) is 5.82 Å². The molecular formula is C24H23ClFN3O2S. The fourth-order valence-corrected chi connectivity index (χ4v) is 4.75. The molecule has 1 aliphatic carbocycles. The highest BCUT2D eigenvalue weighted by Crippen LogP contribution is 2.24. The van der Waals surface area contributed by atoms with Gasteiger partial charge in [-0.1, -0.05) is 47.1 Å². The van der Waals surface area contributed by atoms with Crippen LogP contribution >= 0.6 is 23.4 Å². The van der Waals surface area contributed by atoms with Crippen molar-refractivity contribution in [2.45, 2.75) is 37.3 Å². The maximum atomic E-state index is 13.7. The van der Waals surface area contributed by atoms with Crippen molar-refractivity contribution in [3.8, 4) is 5.69 Å². The lowest BCUT2D eigenvalue weighted by molar-refractivity contribution is -0.118. The van der Waals surface area contributed by atoms with Crippen molar-refractivity contribution in [1.82, 2.24) is 14.9 Å². The number of benzene rings is 2. The van der Waals surface area contributed by atoms with Crippen LogP contribution in [0.25, 0.3) is 16.6 Å². The molecule has 0 atom stereocenters. The molecule has 0 fully saturated rings. The molecule has 1 N–H and O–H groups in total. The van der Waals surface area contributed by atoms with Gasteiger partial charge in [-0.15, -0.1) is 0 Å². The Labute approximate surface area is 194 Å². The first-order valence-corrected chi connectivity index (χ1v) is 11.9. The van der Waals surface area contributed by atoms with Crippen molar-refractivity contribution >= 4 is 40.2 Å². The number of aromatic nitrogens is 2. The quantitative estimate of drug-likeness (QED) is 0.289. The average Bonchev–Trinajstić information content (AvgIpc) is 2.80. The standard InChI is InChI=1S/C24H23ClFN3O2S/c25-19-14-17(10-11-20(19)26)29-23(31)18-8-4-5-9-21(18)28-24(29)32-15-22(30)27-13-12-16-6-2-1-3-7-16/h4-6,8-11,14H,1-3,7,12-13,15H2,(H,27,30). The summed E-state index contributed by atoms with van der Waals surface area (Å²) in [5.74, 6) is -0.588. The summed E-state index contributed by atoms with van der Waals surface area (Å²) in [6, 6.07) is 11.1. The average molecular weight is 472 g/mol. The molecule has 2 aromatic carbocycles. The zero-order chi connectivity index (χ0) is 22.5. The van der Waals surface area contributed by atoms with Gasteiger partial charge < -0.3 is 5.32 Å². The summed E-state index contributed by atoms with van der Waals surface area (Å²) in [4.78, 5) is 30.2. The monoisotopic (exact) mass is 471 g/mol. The van der Waals surface area contributed by atoms with Crippen LogP contribution in [0.5, 0.6) is 0 Å². The Morgan fingerprint density at radius 3 is 2.84 bits per heavy atom. The first kappa shape index (κ1) is 22.6. The molecule has 0 radical (unpaired) electrons. The smallest absolute Gasteiger partial charge is 0.266 e. The van der Waals surface area contributed by atoms with Crippen LogP contribution in [0, 0.1) is 5.82 Å². The fraction of sp³-hybridized carbons (Fsp3) is 0.292. The normalized spacial score (nSPS) is 13.8. The number of thioether (sulfide) groups is 1. The molecule has 32 heavy (non-hydrogen) atoms. The molecule has 166 valence electrons. The number of nitrogens with zero attached hydrogens (tertiary/aromatic N) is 2. The van der Waals surface area contributed by atoms with Crippen LogP contribution < -0.4 is 10.9 Å². The number of hydrogen-bond acceptors (Lipinski definition) is 4. The van der Waals surface area contributed by atoms with Gasteiger partial charge in [0.05, 0.1) is 27.4 Å². The molecule has 8 heteroatoms. The van der Waals surface area contributed by atoms with Crippen molar-refractivity contribution in [2.75, 3.05) is 12.3 Å².